The molecule has 0 aromatic rings. The minimum absolute atomic E-state index is 0.0403. The number of carbonyl (C=O) groups excluding carboxylic acids is 3. The topological polar surface area (TPSA) is 271 Å². The van der Waals surface area contributed by atoms with Gasteiger partial charge in [-0.2, -0.15) is 0 Å². The molecule has 0 aliphatic rings. The Bertz CT molecular complexity index is 761. The van der Waals surface area contributed by atoms with Crippen LogP contribution in [0.1, 0.15) is 51.9 Å². The van der Waals surface area contributed by atoms with E-state index in [9.17, 15) is 39.0 Å². The average Bonchev–Trinajstić information content (AvgIpc) is 2.76. The third-order valence-electron chi connectivity index (χ3n) is 4.91. The number of hydrogen-bond donors (Lipinski definition) is 9. The van der Waals surface area contributed by atoms with Crippen molar-refractivity contribution in [2.75, 3.05) is 6.54 Å². The molecule has 0 spiro atoms. The lowest BCUT2D eigenvalue weighted by Crippen LogP contribution is -2.58. The van der Waals surface area contributed by atoms with Crippen molar-refractivity contribution in [3.8, 4) is 0 Å². The number of aliphatic hydroxyl groups excluding tert-OH is 1. The summed E-state index contributed by atoms with van der Waals surface area (Å²) in [6.07, 6.45) is -2.06. The van der Waals surface area contributed by atoms with Crippen molar-refractivity contribution in [1.82, 2.24) is 16.0 Å². The quantitative estimate of drug-likeness (QED) is 0.0848. The first kappa shape index (κ1) is 31.7. The Balaban J connectivity index is 5.55. The molecule has 200 valence electrons. The van der Waals surface area contributed by atoms with Gasteiger partial charge in [-0.3, -0.25) is 24.0 Å². The molecular formula is C20H35N5O10. The zero-order chi connectivity index (χ0) is 27.1. The number of aliphatic hydroxyl groups is 1. The van der Waals surface area contributed by atoms with Gasteiger partial charge in [-0.05, 0) is 45.6 Å². The number of carbonyl (C=O) groups is 6. The van der Waals surface area contributed by atoms with Crippen molar-refractivity contribution in [3.63, 3.8) is 0 Å². The number of aliphatic carboxylic acids is 3. The zero-order valence-corrected chi connectivity index (χ0v) is 19.4. The van der Waals surface area contributed by atoms with Crippen LogP contribution in [0.15, 0.2) is 0 Å². The molecule has 15 heteroatoms. The van der Waals surface area contributed by atoms with Crippen molar-refractivity contribution in [1.29, 1.82) is 0 Å². The van der Waals surface area contributed by atoms with Crippen LogP contribution in [0.2, 0.25) is 0 Å². The zero-order valence-electron chi connectivity index (χ0n) is 19.4. The Labute approximate surface area is 201 Å². The highest BCUT2D eigenvalue weighted by Crippen LogP contribution is 2.06. The standard InChI is InChI=1S/C20H35N5O10/c1-10(26)16(20(34)35)25-19(33)12(4-2-3-9-21)24-18(32)13(6-8-15(29)30)23-17(31)11(22)5-7-14(27)28/h10-13,16,26H,2-9,21-22H2,1H3,(H,23,31)(H,24,32)(H,25,33)(H,27,28)(H,29,30)(H,34,35). The normalized spacial score (nSPS) is 15.1. The van der Waals surface area contributed by atoms with Crippen LogP contribution in [-0.4, -0.2) is 92.9 Å². The highest BCUT2D eigenvalue weighted by atomic mass is 16.4. The van der Waals surface area contributed by atoms with E-state index in [0.29, 0.717) is 19.4 Å². The van der Waals surface area contributed by atoms with Gasteiger partial charge in [0.1, 0.15) is 12.1 Å². The molecule has 5 unspecified atom stereocenters. The van der Waals surface area contributed by atoms with E-state index in [1.807, 2.05) is 0 Å². The Morgan fingerprint density at radius 3 is 1.71 bits per heavy atom. The molecular weight excluding hydrogens is 470 g/mol. The molecule has 0 heterocycles. The fourth-order valence-electron chi connectivity index (χ4n) is 2.90. The fourth-order valence-corrected chi connectivity index (χ4v) is 2.90. The first-order valence-corrected chi connectivity index (χ1v) is 11.0. The van der Waals surface area contributed by atoms with Gasteiger partial charge < -0.3 is 47.8 Å². The van der Waals surface area contributed by atoms with E-state index >= 15 is 0 Å². The van der Waals surface area contributed by atoms with Crippen molar-refractivity contribution in [3.05, 3.63) is 0 Å². The van der Waals surface area contributed by atoms with Gasteiger partial charge in [-0.15, -0.1) is 0 Å². The molecule has 0 aromatic carbocycles. The van der Waals surface area contributed by atoms with Crippen LogP contribution in [0.4, 0.5) is 0 Å². The molecule has 0 bridgehead atoms. The maximum Gasteiger partial charge on any atom is 0.328 e. The second kappa shape index (κ2) is 16.3. The maximum absolute atomic E-state index is 12.9. The van der Waals surface area contributed by atoms with Gasteiger partial charge in [0.2, 0.25) is 17.7 Å². The first-order valence-electron chi connectivity index (χ1n) is 11.0. The number of nitrogens with two attached hydrogens (primary N) is 2. The third-order valence-corrected chi connectivity index (χ3v) is 4.91. The van der Waals surface area contributed by atoms with E-state index in [1.165, 1.54) is 0 Å². The van der Waals surface area contributed by atoms with Gasteiger partial charge in [-0.1, -0.05) is 0 Å². The lowest BCUT2D eigenvalue weighted by atomic mass is 10.0. The molecule has 11 N–H and O–H groups in total. The summed E-state index contributed by atoms with van der Waals surface area (Å²) in [6, 6.07) is -5.63. The van der Waals surface area contributed by atoms with Crippen LogP contribution in [0.25, 0.3) is 0 Å². The first-order chi connectivity index (χ1) is 16.3. The van der Waals surface area contributed by atoms with Crippen LogP contribution in [0.3, 0.4) is 0 Å². The van der Waals surface area contributed by atoms with Gasteiger partial charge in [0.15, 0.2) is 6.04 Å². The molecule has 0 aliphatic heterocycles. The highest BCUT2D eigenvalue weighted by Gasteiger charge is 2.32. The molecule has 3 amide bonds. The number of carboxylic acids is 3. The summed E-state index contributed by atoms with van der Waals surface area (Å²) in [4.78, 5) is 70.8. The molecule has 0 radical (unpaired) electrons. The number of unbranched alkanes of at least 4 members (excludes halogenated alkanes) is 1. The molecule has 15 nitrogen and oxygen atoms in total. The minimum Gasteiger partial charge on any atom is -0.481 e. The molecule has 0 aliphatic carbocycles. The van der Waals surface area contributed by atoms with Gasteiger partial charge in [0.25, 0.3) is 0 Å². The van der Waals surface area contributed by atoms with Crippen molar-refractivity contribution < 1.29 is 49.2 Å². The van der Waals surface area contributed by atoms with Gasteiger partial charge in [0, 0.05) is 12.8 Å². The Morgan fingerprint density at radius 2 is 1.23 bits per heavy atom. The maximum atomic E-state index is 12.9. The molecule has 35 heavy (non-hydrogen) atoms. The predicted octanol–water partition coefficient (Wildman–Crippen LogP) is -2.91. The van der Waals surface area contributed by atoms with Crippen LogP contribution in [0.5, 0.6) is 0 Å². The second-order valence-corrected chi connectivity index (χ2v) is 7.94. The summed E-state index contributed by atoms with van der Waals surface area (Å²) < 4.78 is 0. The SMILES string of the molecule is CC(O)C(NC(=O)C(CCCCN)NC(=O)C(CCC(=O)O)NC(=O)C(N)CCC(=O)O)C(=O)O. The van der Waals surface area contributed by atoms with Crippen LogP contribution < -0.4 is 27.4 Å². The van der Waals surface area contributed by atoms with E-state index in [2.05, 4.69) is 16.0 Å². The monoisotopic (exact) mass is 505 g/mol. The van der Waals surface area contributed by atoms with Crippen LogP contribution >= 0.6 is 0 Å². The third kappa shape index (κ3) is 13.2. The lowest BCUT2D eigenvalue weighted by molar-refractivity contribution is -0.145. The number of rotatable bonds is 18. The number of hydrogen-bond acceptors (Lipinski definition) is 9. The Hall–Kier alpha value is -3.30. The van der Waals surface area contributed by atoms with Crippen LogP contribution in [0, 0.1) is 0 Å². The van der Waals surface area contributed by atoms with E-state index in [-0.39, 0.29) is 19.3 Å². The summed E-state index contributed by atoms with van der Waals surface area (Å²) in [5.74, 6) is -6.67. The van der Waals surface area contributed by atoms with E-state index < -0.39 is 78.7 Å². The van der Waals surface area contributed by atoms with E-state index in [4.69, 9.17) is 21.7 Å². The molecule has 0 aromatic heterocycles. The predicted molar refractivity (Wildman–Crippen MR) is 120 cm³/mol. The summed E-state index contributed by atoms with van der Waals surface area (Å²) in [5.41, 5.74) is 11.1. The molecule has 0 saturated heterocycles. The molecule has 0 rings (SSSR count). The highest BCUT2D eigenvalue weighted by molar-refractivity contribution is 5.94. The number of nitrogens with one attached hydrogen (secondary N) is 3. The van der Waals surface area contributed by atoms with Gasteiger partial charge in [-0.25, -0.2) is 4.79 Å². The van der Waals surface area contributed by atoms with Crippen molar-refractivity contribution in [2.24, 2.45) is 11.5 Å². The molecule has 0 fully saturated rings. The van der Waals surface area contributed by atoms with Crippen molar-refractivity contribution in [2.45, 2.75) is 82.1 Å². The average molecular weight is 506 g/mol. The Morgan fingerprint density at radius 1 is 0.743 bits per heavy atom. The summed E-state index contributed by atoms with van der Waals surface area (Å²) in [6.45, 7) is 1.45. The van der Waals surface area contributed by atoms with Gasteiger partial charge >= 0.3 is 17.9 Å². The number of carboxylic acid groups (broad SMARTS) is 3. The van der Waals surface area contributed by atoms with Crippen molar-refractivity contribution >= 4 is 35.6 Å². The fraction of sp³-hybridized carbons (Fsp3) is 0.700. The summed E-state index contributed by atoms with van der Waals surface area (Å²) in [5, 5.41) is 43.2. The Kier molecular flexibility index (Phi) is 14.8. The number of amides is 3. The van der Waals surface area contributed by atoms with E-state index in [1.54, 1.807) is 0 Å². The summed E-state index contributed by atoms with van der Waals surface area (Å²) >= 11 is 0. The second-order valence-electron chi connectivity index (χ2n) is 7.94. The smallest absolute Gasteiger partial charge is 0.328 e. The van der Waals surface area contributed by atoms with Crippen LogP contribution in [-0.2, 0) is 28.8 Å². The molecule has 5 atom stereocenters. The minimum atomic E-state index is -1.65. The lowest BCUT2D eigenvalue weighted by Gasteiger charge is -2.25. The van der Waals surface area contributed by atoms with Gasteiger partial charge in [0.05, 0.1) is 12.1 Å². The molecule has 0 saturated carbocycles. The van der Waals surface area contributed by atoms with E-state index in [0.717, 1.165) is 6.92 Å². The largest absolute Gasteiger partial charge is 0.481 e. The summed E-state index contributed by atoms with van der Waals surface area (Å²) in [7, 11) is 0.